The Hall–Kier alpha value is -0.120. The number of hydrogen-bond acceptors (Lipinski definition) is 2. The van der Waals surface area contributed by atoms with Crippen molar-refractivity contribution >= 4 is 0 Å². The second-order valence-electron chi connectivity index (χ2n) is 2.98. The Morgan fingerprint density at radius 1 is 1.64 bits per heavy atom. The number of nitrogens with one attached hydrogen (secondary N) is 1. The van der Waals surface area contributed by atoms with Gasteiger partial charge in [-0.1, -0.05) is 0 Å². The van der Waals surface area contributed by atoms with Crippen LogP contribution in [0.25, 0.3) is 0 Å². The Bertz CT molecular complexity index is 90.1. The van der Waals surface area contributed by atoms with Crippen LogP contribution < -0.4 is 10.6 Å². The molecule has 3 heteroatoms. The first-order valence-electron chi connectivity index (χ1n) is 4.26. The molecule has 1 radical (unpaired) electrons. The smallest absolute Gasteiger partial charge is 0.0465 e. The molecule has 0 aromatic rings. The van der Waals surface area contributed by atoms with Gasteiger partial charge in [0.25, 0.3) is 0 Å². The molecule has 1 aliphatic heterocycles. The number of nitrogens with zero attached hydrogens (tertiary/aromatic N) is 1. The summed E-state index contributed by atoms with van der Waals surface area (Å²) in [6.45, 7) is 5.00. The lowest BCUT2D eigenvalue weighted by Crippen LogP contribution is -2.23. The average Bonchev–Trinajstić information content (AvgIpc) is 2.28. The largest absolute Gasteiger partial charge is 0.385 e. The van der Waals surface area contributed by atoms with Gasteiger partial charge in [0.05, 0.1) is 0 Å². The van der Waals surface area contributed by atoms with E-state index in [1.165, 1.54) is 0 Å². The summed E-state index contributed by atoms with van der Waals surface area (Å²) < 4.78 is 5.02. The topological polar surface area (TPSA) is 35.4 Å². The van der Waals surface area contributed by atoms with Crippen molar-refractivity contribution in [3.05, 3.63) is 0 Å². The third-order valence-electron chi connectivity index (χ3n) is 2.00. The highest BCUT2D eigenvalue weighted by molar-refractivity contribution is 4.69. The molecular weight excluding hydrogens is 140 g/mol. The molecule has 1 aliphatic rings. The second-order valence-corrected chi connectivity index (χ2v) is 2.98. The van der Waals surface area contributed by atoms with Gasteiger partial charge in [0.1, 0.15) is 0 Å². The van der Waals surface area contributed by atoms with Crippen LogP contribution in [0.1, 0.15) is 6.42 Å². The normalized spacial score (nSPS) is 21.5. The first-order chi connectivity index (χ1) is 5.43. The molecule has 1 unspecified atom stereocenters. The van der Waals surface area contributed by atoms with E-state index in [1.54, 1.807) is 7.11 Å². The third kappa shape index (κ3) is 3.70. The van der Waals surface area contributed by atoms with E-state index in [0.717, 1.165) is 39.2 Å². The standard InChI is InChI=1S/C8H17N2O/c1-11-5-2-8-6-9-3-4-10-7-8/h8-9H,2-7H2,1H3. The maximum atomic E-state index is 5.02. The Morgan fingerprint density at radius 3 is 3.36 bits per heavy atom. The maximum Gasteiger partial charge on any atom is 0.0465 e. The Labute approximate surface area is 68.5 Å². The Kier molecular flexibility index (Phi) is 4.50. The van der Waals surface area contributed by atoms with Gasteiger partial charge in [-0.25, -0.2) is 5.32 Å². The first-order valence-corrected chi connectivity index (χ1v) is 4.26. The lowest BCUT2D eigenvalue weighted by atomic mass is 10.1. The number of ether oxygens (including phenoxy) is 1. The molecule has 1 rings (SSSR count). The zero-order chi connectivity index (χ0) is 7.94. The Morgan fingerprint density at radius 2 is 2.55 bits per heavy atom. The van der Waals surface area contributed by atoms with Crippen molar-refractivity contribution in [1.82, 2.24) is 10.6 Å². The summed E-state index contributed by atoms with van der Waals surface area (Å²) >= 11 is 0. The van der Waals surface area contributed by atoms with Crippen LogP contribution in [0.4, 0.5) is 0 Å². The van der Waals surface area contributed by atoms with E-state index in [0.29, 0.717) is 5.92 Å². The molecule has 1 saturated heterocycles. The minimum Gasteiger partial charge on any atom is -0.385 e. The number of methoxy groups -OCH3 is 1. The molecule has 1 atom stereocenters. The first kappa shape index (κ1) is 8.97. The van der Waals surface area contributed by atoms with Gasteiger partial charge in [-0.2, -0.15) is 0 Å². The van der Waals surface area contributed by atoms with Crippen LogP contribution in [0.3, 0.4) is 0 Å². The molecular formula is C8H17N2O. The fourth-order valence-electron chi connectivity index (χ4n) is 1.28. The summed E-state index contributed by atoms with van der Waals surface area (Å²) in [6, 6.07) is 0. The molecule has 0 aromatic carbocycles. The van der Waals surface area contributed by atoms with Crippen LogP contribution >= 0.6 is 0 Å². The van der Waals surface area contributed by atoms with E-state index in [1.807, 2.05) is 0 Å². The van der Waals surface area contributed by atoms with Crippen LogP contribution in [0.2, 0.25) is 0 Å². The average molecular weight is 157 g/mol. The van der Waals surface area contributed by atoms with Gasteiger partial charge < -0.3 is 10.1 Å². The predicted octanol–water partition coefficient (Wildman–Crippen LogP) is -0.153. The highest BCUT2D eigenvalue weighted by Gasteiger charge is 2.10. The van der Waals surface area contributed by atoms with Crippen molar-refractivity contribution in [2.75, 3.05) is 39.9 Å². The summed E-state index contributed by atoms with van der Waals surface area (Å²) in [5.41, 5.74) is 0. The summed E-state index contributed by atoms with van der Waals surface area (Å²) in [4.78, 5) is 0. The molecule has 0 aromatic heterocycles. The van der Waals surface area contributed by atoms with Crippen LogP contribution in [0.15, 0.2) is 0 Å². The molecule has 65 valence electrons. The van der Waals surface area contributed by atoms with E-state index in [9.17, 15) is 0 Å². The number of hydrogen-bond donors (Lipinski definition) is 1. The fraction of sp³-hybridized carbons (Fsp3) is 1.00. The molecule has 0 spiro atoms. The van der Waals surface area contributed by atoms with Crippen LogP contribution in [-0.2, 0) is 4.74 Å². The molecule has 0 bridgehead atoms. The molecule has 1 N–H and O–H groups in total. The molecule has 0 saturated carbocycles. The van der Waals surface area contributed by atoms with E-state index in [-0.39, 0.29) is 0 Å². The number of rotatable bonds is 3. The van der Waals surface area contributed by atoms with Gasteiger partial charge in [-0.05, 0) is 18.9 Å². The molecule has 3 nitrogen and oxygen atoms in total. The van der Waals surface area contributed by atoms with E-state index in [2.05, 4.69) is 10.6 Å². The highest BCUT2D eigenvalue weighted by Crippen LogP contribution is 2.02. The second kappa shape index (κ2) is 5.52. The van der Waals surface area contributed by atoms with Crippen molar-refractivity contribution in [3.63, 3.8) is 0 Å². The van der Waals surface area contributed by atoms with Crippen molar-refractivity contribution in [3.8, 4) is 0 Å². The maximum absolute atomic E-state index is 5.02. The summed E-state index contributed by atoms with van der Waals surface area (Å²) in [7, 11) is 1.75. The molecule has 1 heterocycles. The molecule has 0 amide bonds. The minimum absolute atomic E-state index is 0.692. The van der Waals surface area contributed by atoms with Gasteiger partial charge in [-0.15, -0.1) is 0 Å². The van der Waals surface area contributed by atoms with Gasteiger partial charge in [0.2, 0.25) is 0 Å². The van der Waals surface area contributed by atoms with Gasteiger partial charge in [0.15, 0.2) is 0 Å². The van der Waals surface area contributed by atoms with Gasteiger partial charge in [-0.3, -0.25) is 0 Å². The SMILES string of the molecule is COCCC1C[N]CCNC1. The van der Waals surface area contributed by atoms with Crippen LogP contribution in [0, 0.1) is 5.92 Å². The fourth-order valence-corrected chi connectivity index (χ4v) is 1.28. The van der Waals surface area contributed by atoms with E-state index >= 15 is 0 Å². The lowest BCUT2D eigenvalue weighted by Gasteiger charge is -2.11. The van der Waals surface area contributed by atoms with Crippen LogP contribution in [-0.4, -0.2) is 39.9 Å². The van der Waals surface area contributed by atoms with E-state index in [4.69, 9.17) is 4.74 Å². The van der Waals surface area contributed by atoms with Crippen molar-refractivity contribution in [1.29, 1.82) is 0 Å². The summed E-state index contributed by atoms with van der Waals surface area (Å²) in [5, 5.41) is 7.74. The third-order valence-corrected chi connectivity index (χ3v) is 2.00. The molecule has 1 fully saturated rings. The van der Waals surface area contributed by atoms with Crippen molar-refractivity contribution in [2.24, 2.45) is 5.92 Å². The zero-order valence-corrected chi connectivity index (χ0v) is 7.18. The molecule has 11 heavy (non-hydrogen) atoms. The van der Waals surface area contributed by atoms with Gasteiger partial charge >= 0.3 is 0 Å². The lowest BCUT2D eigenvalue weighted by molar-refractivity contribution is 0.177. The van der Waals surface area contributed by atoms with Crippen molar-refractivity contribution < 1.29 is 4.74 Å². The molecule has 0 aliphatic carbocycles. The van der Waals surface area contributed by atoms with Crippen LogP contribution in [0.5, 0.6) is 0 Å². The minimum atomic E-state index is 0.692. The summed E-state index contributed by atoms with van der Waals surface area (Å²) in [5.74, 6) is 0.692. The van der Waals surface area contributed by atoms with E-state index < -0.39 is 0 Å². The van der Waals surface area contributed by atoms with Gasteiger partial charge in [0, 0.05) is 33.4 Å². The zero-order valence-electron chi connectivity index (χ0n) is 7.18. The quantitative estimate of drug-likeness (QED) is 0.618. The Balaban J connectivity index is 2.09. The summed E-state index contributed by atoms with van der Waals surface area (Å²) in [6.07, 6.45) is 1.13. The predicted molar refractivity (Wildman–Crippen MR) is 44.7 cm³/mol. The van der Waals surface area contributed by atoms with Crippen molar-refractivity contribution in [2.45, 2.75) is 6.42 Å². The highest BCUT2D eigenvalue weighted by atomic mass is 16.5. The monoisotopic (exact) mass is 157 g/mol.